The molecule has 1 heterocycles. The number of nitrogens with zero attached hydrogens (tertiary/aromatic N) is 3. The predicted molar refractivity (Wildman–Crippen MR) is 104 cm³/mol. The van der Waals surface area contributed by atoms with Gasteiger partial charge in [-0.15, -0.1) is 0 Å². The lowest BCUT2D eigenvalue weighted by atomic mass is 10.1. The Balaban J connectivity index is 1.70. The molecule has 0 N–H and O–H groups in total. The second kappa shape index (κ2) is 8.07. The fraction of sp³-hybridized carbons (Fsp3) is 0.350. The fourth-order valence-corrected chi connectivity index (χ4v) is 3.25. The first-order valence-corrected chi connectivity index (χ1v) is 9.01. The number of nitro benzene ring substituents is 1. The maximum absolute atomic E-state index is 12.8. The molecule has 0 radical (unpaired) electrons. The average Bonchev–Trinajstić information content (AvgIpc) is 2.68. The SMILES string of the molecule is CCOc1ccc(C(=O)N2CCN(c3cccc(C)c3)CC2)cc1[N+](=O)[O-]. The Kier molecular flexibility index (Phi) is 5.59. The third-order valence-electron chi connectivity index (χ3n) is 4.64. The Morgan fingerprint density at radius 3 is 2.52 bits per heavy atom. The number of anilines is 1. The van der Waals surface area contributed by atoms with Crippen molar-refractivity contribution in [1.29, 1.82) is 0 Å². The number of rotatable bonds is 5. The van der Waals surface area contributed by atoms with Gasteiger partial charge in [0, 0.05) is 43.5 Å². The number of aryl methyl sites for hydroxylation is 1. The summed E-state index contributed by atoms with van der Waals surface area (Å²) < 4.78 is 5.28. The molecule has 142 valence electrons. The number of carbonyl (C=O) groups excluding carboxylic acids is 1. The summed E-state index contributed by atoms with van der Waals surface area (Å²) in [7, 11) is 0. The highest BCUT2D eigenvalue weighted by molar-refractivity contribution is 5.95. The van der Waals surface area contributed by atoms with Gasteiger partial charge in [-0.25, -0.2) is 0 Å². The third-order valence-corrected chi connectivity index (χ3v) is 4.64. The minimum atomic E-state index is -0.516. The summed E-state index contributed by atoms with van der Waals surface area (Å²) in [6, 6.07) is 12.7. The number of hydrogen-bond acceptors (Lipinski definition) is 5. The molecule has 7 heteroatoms. The molecule has 1 amide bonds. The van der Waals surface area contributed by atoms with Crippen LogP contribution < -0.4 is 9.64 Å². The van der Waals surface area contributed by atoms with Gasteiger partial charge in [-0.05, 0) is 43.7 Å². The van der Waals surface area contributed by atoms with Crippen LogP contribution in [0.15, 0.2) is 42.5 Å². The summed E-state index contributed by atoms with van der Waals surface area (Å²) >= 11 is 0. The number of amides is 1. The van der Waals surface area contributed by atoms with Crippen LogP contribution in [0.2, 0.25) is 0 Å². The van der Waals surface area contributed by atoms with E-state index in [-0.39, 0.29) is 17.3 Å². The van der Waals surface area contributed by atoms with Crippen LogP contribution >= 0.6 is 0 Å². The molecule has 1 fully saturated rings. The minimum absolute atomic E-state index is 0.180. The van der Waals surface area contributed by atoms with Crippen LogP contribution in [0.3, 0.4) is 0 Å². The summed E-state index contributed by atoms with van der Waals surface area (Å²) in [5.74, 6) is -0.00615. The third kappa shape index (κ3) is 4.19. The largest absolute Gasteiger partial charge is 0.487 e. The number of piperazine rings is 1. The minimum Gasteiger partial charge on any atom is -0.487 e. The topological polar surface area (TPSA) is 75.9 Å². The maximum Gasteiger partial charge on any atom is 0.311 e. The van der Waals surface area contributed by atoms with Crippen LogP contribution in [0, 0.1) is 17.0 Å². The highest BCUT2D eigenvalue weighted by Crippen LogP contribution is 2.29. The smallest absolute Gasteiger partial charge is 0.311 e. The Hall–Kier alpha value is -3.09. The van der Waals surface area contributed by atoms with E-state index in [4.69, 9.17) is 4.74 Å². The Bertz CT molecular complexity index is 845. The van der Waals surface area contributed by atoms with E-state index >= 15 is 0 Å². The maximum atomic E-state index is 12.8. The van der Waals surface area contributed by atoms with Gasteiger partial charge >= 0.3 is 5.69 Å². The lowest BCUT2D eigenvalue weighted by molar-refractivity contribution is -0.385. The molecule has 1 saturated heterocycles. The van der Waals surface area contributed by atoms with Gasteiger partial charge in [0.15, 0.2) is 5.75 Å². The van der Waals surface area contributed by atoms with Gasteiger partial charge in [0.05, 0.1) is 11.5 Å². The quantitative estimate of drug-likeness (QED) is 0.597. The molecule has 0 saturated carbocycles. The molecule has 1 aliphatic heterocycles. The molecule has 0 aliphatic carbocycles. The van der Waals surface area contributed by atoms with Crippen molar-refractivity contribution in [3.63, 3.8) is 0 Å². The molecule has 1 aliphatic rings. The molecule has 2 aromatic carbocycles. The van der Waals surface area contributed by atoms with E-state index in [1.54, 1.807) is 17.9 Å². The summed E-state index contributed by atoms with van der Waals surface area (Å²) in [5, 5.41) is 11.3. The molecule has 2 aromatic rings. The zero-order chi connectivity index (χ0) is 19.4. The summed E-state index contributed by atoms with van der Waals surface area (Å²) in [6.07, 6.45) is 0. The molecule has 3 rings (SSSR count). The highest BCUT2D eigenvalue weighted by atomic mass is 16.6. The van der Waals surface area contributed by atoms with E-state index < -0.39 is 4.92 Å². The standard InChI is InChI=1S/C20H23N3O4/c1-3-27-19-8-7-16(14-18(19)23(25)26)20(24)22-11-9-21(10-12-22)17-6-4-5-15(2)13-17/h4-8,13-14H,3,9-12H2,1-2H3. The van der Waals surface area contributed by atoms with E-state index in [1.807, 2.05) is 6.07 Å². The average molecular weight is 369 g/mol. The van der Waals surface area contributed by atoms with Crippen molar-refractivity contribution < 1.29 is 14.5 Å². The first-order valence-electron chi connectivity index (χ1n) is 9.01. The Morgan fingerprint density at radius 2 is 1.89 bits per heavy atom. The zero-order valence-corrected chi connectivity index (χ0v) is 15.6. The van der Waals surface area contributed by atoms with Crippen LogP contribution in [0.25, 0.3) is 0 Å². The summed E-state index contributed by atoms with van der Waals surface area (Å²) in [6.45, 7) is 6.76. The van der Waals surface area contributed by atoms with E-state index in [9.17, 15) is 14.9 Å². The molecule has 27 heavy (non-hydrogen) atoms. The Morgan fingerprint density at radius 1 is 1.15 bits per heavy atom. The fourth-order valence-electron chi connectivity index (χ4n) is 3.25. The number of benzene rings is 2. The first-order chi connectivity index (χ1) is 13.0. The lowest BCUT2D eigenvalue weighted by Gasteiger charge is -2.36. The monoisotopic (exact) mass is 369 g/mol. The Labute approximate surface area is 158 Å². The van der Waals surface area contributed by atoms with Gasteiger partial charge in [-0.1, -0.05) is 12.1 Å². The van der Waals surface area contributed by atoms with E-state index in [0.717, 1.165) is 18.8 Å². The van der Waals surface area contributed by atoms with Gasteiger partial charge in [-0.3, -0.25) is 14.9 Å². The first kappa shape index (κ1) is 18.7. The number of carbonyl (C=O) groups is 1. The van der Waals surface area contributed by atoms with Crippen molar-refractivity contribution in [2.45, 2.75) is 13.8 Å². The van der Waals surface area contributed by atoms with Crippen molar-refractivity contribution in [2.75, 3.05) is 37.7 Å². The van der Waals surface area contributed by atoms with E-state index in [0.29, 0.717) is 25.3 Å². The molecular weight excluding hydrogens is 346 g/mol. The van der Waals surface area contributed by atoms with Crippen LogP contribution in [-0.4, -0.2) is 48.5 Å². The zero-order valence-electron chi connectivity index (χ0n) is 15.6. The van der Waals surface area contributed by atoms with Crippen LogP contribution in [0.1, 0.15) is 22.8 Å². The second-order valence-electron chi connectivity index (χ2n) is 6.49. The van der Waals surface area contributed by atoms with Crippen LogP contribution in [0.5, 0.6) is 5.75 Å². The predicted octanol–water partition coefficient (Wildman–Crippen LogP) is 3.26. The molecular formula is C20H23N3O4. The molecule has 0 bridgehead atoms. The van der Waals surface area contributed by atoms with Crippen molar-refractivity contribution in [1.82, 2.24) is 4.90 Å². The van der Waals surface area contributed by atoms with Gasteiger partial charge in [0.25, 0.3) is 5.91 Å². The normalized spacial score (nSPS) is 14.1. The molecule has 0 unspecified atom stereocenters. The number of ether oxygens (including phenoxy) is 1. The number of hydrogen-bond donors (Lipinski definition) is 0. The molecule has 0 atom stereocenters. The van der Waals surface area contributed by atoms with Gasteiger partial charge in [0.1, 0.15) is 0 Å². The second-order valence-corrected chi connectivity index (χ2v) is 6.49. The van der Waals surface area contributed by atoms with Crippen LogP contribution in [-0.2, 0) is 0 Å². The van der Waals surface area contributed by atoms with Gasteiger partial charge in [-0.2, -0.15) is 0 Å². The summed E-state index contributed by atoms with van der Waals surface area (Å²) in [5.41, 5.74) is 2.49. The van der Waals surface area contributed by atoms with Crippen molar-refractivity contribution >= 4 is 17.3 Å². The van der Waals surface area contributed by atoms with E-state index in [2.05, 4.69) is 30.0 Å². The van der Waals surface area contributed by atoms with Gasteiger partial charge in [0.2, 0.25) is 0 Å². The van der Waals surface area contributed by atoms with Crippen molar-refractivity contribution in [3.8, 4) is 5.75 Å². The molecule has 0 spiro atoms. The highest BCUT2D eigenvalue weighted by Gasteiger charge is 2.25. The number of nitro groups is 1. The van der Waals surface area contributed by atoms with Crippen molar-refractivity contribution in [3.05, 3.63) is 63.7 Å². The molecule has 7 nitrogen and oxygen atoms in total. The van der Waals surface area contributed by atoms with Crippen molar-refractivity contribution in [2.24, 2.45) is 0 Å². The molecule has 0 aromatic heterocycles. The van der Waals surface area contributed by atoms with E-state index in [1.165, 1.54) is 17.7 Å². The van der Waals surface area contributed by atoms with Gasteiger partial charge < -0.3 is 14.5 Å². The summed E-state index contributed by atoms with van der Waals surface area (Å²) in [4.78, 5) is 27.5. The van der Waals surface area contributed by atoms with Crippen LogP contribution in [0.4, 0.5) is 11.4 Å². The lowest BCUT2D eigenvalue weighted by Crippen LogP contribution is -2.48.